The lowest BCUT2D eigenvalue weighted by atomic mass is 10.0. The molecule has 0 bridgehead atoms. The SMILES string of the molecule is CCCNC(c1cc(F)cc(Br)c1)c1ccnn1CCC. The second-order valence-electron chi connectivity index (χ2n) is 5.07. The average Bonchev–Trinajstić information content (AvgIpc) is 2.87. The molecule has 21 heavy (non-hydrogen) atoms. The molecule has 114 valence electrons. The molecule has 1 aromatic carbocycles. The van der Waals surface area contributed by atoms with E-state index in [2.05, 4.69) is 40.2 Å². The number of aryl methyl sites for hydroxylation is 1. The van der Waals surface area contributed by atoms with Crippen molar-refractivity contribution in [1.29, 1.82) is 0 Å². The van der Waals surface area contributed by atoms with E-state index in [1.807, 2.05) is 16.8 Å². The number of nitrogens with one attached hydrogen (secondary N) is 1. The zero-order chi connectivity index (χ0) is 15.2. The fourth-order valence-electron chi connectivity index (χ4n) is 2.41. The third-order valence-corrected chi connectivity index (χ3v) is 3.76. The van der Waals surface area contributed by atoms with E-state index in [1.54, 1.807) is 12.3 Å². The highest BCUT2D eigenvalue weighted by molar-refractivity contribution is 9.10. The first-order valence-electron chi connectivity index (χ1n) is 7.36. The quantitative estimate of drug-likeness (QED) is 0.804. The summed E-state index contributed by atoms with van der Waals surface area (Å²) in [5.41, 5.74) is 1.98. The molecule has 0 radical (unpaired) electrons. The van der Waals surface area contributed by atoms with Gasteiger partial charge in [-0.1, -0.05) is 29.8 Å². The van der Waals surface area contributed by atoms with Gasteiger partial charge in [-0.3, -0.25) is 4.68 Å². The molecule has 2 aromatic rings. The standard InChI is InChI=1S/C16H21BrFN3/c1-3-6-19-16(12-9-13(17)11-14(18)10-12)15-5-7-20-21(15)8-4-2/h5,7,9-11,16,19H,3-4,6,8H2,1-2H3. The van der Waals surface area contributed by atoms with E-state index in [-0.39, 0.29) is 11.9 Å². The van der Waals surface area contributed by atoms with Crippen molar-refractivity contribution in [2.75, 3.05) is 6.54 Å². The van der Waals surface area contributed by atoms with Gasteiger partial charge in [0.2, 0.25) is 0 Å². The third kappa shape index (κ3) is 4.14. The lowest BCUT2D eigenvalue weighted by Gasteiger charge is -2.21. The summed E-state index contributed by atoms with van der Waals surface area (Å²) in [4.78, 5) is 0. The zero-order valence-corrected chi connectivity index (χ0v) is 14.0. The lowest BCUT2D eigenvalue weighted by Crippen LogP contribution is -2.26. The third-order valence-electron chi connectivity index (χ3n) is 3.30. The van der Waals surface area contributed by atoms with Crippen molar-refractivity contribution in [3.63, 3.8) is 0 Å². The van der Waals surface area contributed by atoms with Crippen molar-refractivity contribution >= 4 is 15.9 Å². The molecule has 1 N–H and O–H groups in total. The van der Waals surface area contributed by atoms with Crippen molar-refractivity contribution < 1.29 is 4.39 Å². The molecule has 0 aliphatic carbocycles. The van der Waals surface area contributed by atoms with Crippen molar-refractivity contribution in [3.05, 3.63) is 52.0 Å². The van der Waals surface area contributed by atoms with Crippen LogP contribution in [0.2, 0.25) is 0 Å². The van der Waals surface area contributed by atoms with Crippen LogP contribution in [-0.4, -0.2) is 16.3 Å². The number of hydrogen-bond donors (Lipinski definition) is 1. The smallest absolute Gasteiger partial charge is 0.124 e. The van der Waals surface area contributed by atoms with Crippen LogP contribution in [0.25, 0.3) is 0 Å². The first kappa shape index (κ1) is 16.2. The maximum atomic E-state index is 13.7. The number of benzene rings is 1. The molecule has 2 rings (SSSR count). The first-order valence-corrected chi connectivity index (χ1v) is 8.16. The number of hydrogen-bond acceptors (Lipinski definition) is 2. The van der Waals surface area contributed by atoms with Crippen molar-refractivity contribution in [1.82, 2.24) is 15.1 Å². The van der Waals surface area contributed by atoms with Gasteiger partial charge in [-0.2, -0.15) is 5.10 Å². The van der Waals surface area contributed by atoms with E-state index in [0.29, 0.717) is 0 Å². The largest absolute Gasteiger partial charge is 0.305 e. The Bertz CT molecular complexity index is 562. The average molecular weight is 354 g/mol. The minimum absolute atomic E-state index is 0.0500. The van der Waals surface area contributed by atoms with E-state index >= 15 is 0 Å². The molecule has 1 unspecified atom stereocenters. The normalized spacial score (nSPS) is 12.6. The highest BCUT2D eigenvalue weighted by Crippen LogP contribution is 2.26. The molecule has 0 aliphatic rings. The minimum Gasteiger partial charge on any atom is -0.305 e. The van der Waals surface area contributed by atoms with E-state index in [1.165, 1.54) is 6.07 Å². The minimum atomic E-state index is -0.232. The second-order valence-corrected chi connectivity index (χ2v) is 5.98. The molecular formula is C16H21BrFN3. The van der Waals surface area contributed by atoms with Crippen molar-refractivity contribution in [2.24, 2.45) is 0 Å². The van der Waals surface area contributed by atoms with Gasteiger partial charge in [0.15, 0.2) is 0 Å². The number of rotatable bonds is 7. The Morgan fingerprint density at radius 3 is 2.76 bits per heavy atom. The molecular weight excluding hydrogens is 333 g/mol. The van der Waals surface area contributed by atoms with Gasteiger partial charge in [-0.15, -0.1) is 0 Å². The summed E-state index contributed by atoms with van der Waals surface area (Å²) < 4.78 is 16.5. The van der Waals surface area contributed by atoms with Crippen LogP contribution in [0, 0.1) is 5.82 Å². The van der Waals surface area contributed by atoms with Crippen molar-refractivity contribution in [2.45, 2.75) is 39.3 Å². The molecule has 0 saturated carbocycles. The maximum absolute atomic E-state index is 13.7. The van der Waals surface area contributed by atoms with Gasteiger partial charge in [-0.25, -0.2) is 4.39 Å². The molecule has 1 heterocycles. The van der Waals surface area contributed by atoms with E-state index in [0.717, 1.165) is 41.7 Å². The van der Waals surface area contributed by atoms with Gasteiger partial charge in [0, 0.05) is 17.2 Å². The van der Waals surface area contributed by atoms with Crippen LogP contribution in [0.15, 0.2) is 34.9 Å². The van der Waals surface area contributed by atoms with Gasteiger partial charge in [0.05, 0.1) is 11.7 Å². The molecule has 5 heteroatoms. The second kappa shape index (κ2) is 7.71. The Kier molecular flexibility index (Phi) is 5.94. The molecule has 0 fully saturated rings. The van der Waals surface area contributed by atoms with Crippen LogP contribution >= 0.6 is 15.9 Å². The fourth-order valence-corrected chi connectivity index (χ4v) is 2.89. The first-order chi connectivity index (χ1) is 10.2. The molecule has 1 atom stereocenters. The molecule has 0 aliphatic heterocycles. The van der Waals surface area contributed by atoms with Gasteiger partial charge < -0.3 is 5.32 Å². The summed E-state index contributed by atoms with van der Waals surface area (Å²) in [6.45, 7) is 5.98. The fraction of sp³-hybridized carbons (Fsp3) is 0.438. The monoisotopic (exact) mass is 353 g/mol. The molecule has 0 amide bonds. The summed E-state index contributed by atoms with van der Waals surface area (Å²) in [6.07, 6.45) is 3.84. The summed E-state index contributed by atoms with van der Waals surface area (Å²) in [7, 11) is 0. The van der Waals surface area contributed by atoms with Gasteiger partial charge in [0.1, 0.15) is 5.82 Å². The van der Waals surface area contributed by atoms with Gasteiger partial charge >= 0.3 is 0 Å². The predicted octanol–water partition coefficient (Wildman–Crippen LogP) is 4.28. The van der Waals surface area contributed by atoms with E-state index in [4.69, 9.17) is 0 Å². The Morgan fingerprint density at radius 1 is 1.29 bits per heavy atom. The predicted molar refractivity (Wildman–Crippen MR) is 86.8 cm³/mol. The number of halogens is 2. The van der Waals surface area contributed by atoms with Gasteiger partial charge in [-0.05, 0) is 49.2 Å². The summed E-state index contributed by atoms with van der Waals surface area (Å²) in [6, 6.07) is 6.97. The number of nitrogens with zero attached hydrogens (tertiary/aromatic N) is 2. The van der Waals surface area contributed by atoms with Gasteiger partial charge in [0.25, 0.3) is 0 Å². The van der Waals surface area contributed by atoms with Crippen LogP contribution < -0.4 is 5.32 Å². The van der Waals surface area contributed by atoms with Crippen LogP contribution in [0.4, 0.5) is 4.39 Å². The Balaban J connectivity index is 2.39. The topological polar surface area (TPSA) is 29.9 Å². The number of aromatic nitrogens is 2. The molecule has 0 saturated heterocycles. The molecule has 0 spiro atoms. The van der Waals surface area contributed by atoms with E-state index < -0.39 is 0 Å². The lowest BCUT2D eigenvalue weighted by molar-refractivity contribution is 0.509. The molecule has 1 aromatic heterocycles. The molecule has 3 nitrogen and oxygen atoms in total. The highest BCUT2D eigenvalue weighted by Gasteiger charge is 2.18. The Labute approximate surface area is 133 Å². The van der Waals surface area contributed by atoms with Crippen LogP contribution in [-0.2, 0) is 6.54 Å². The van der Waals surface area contributed by atoms with E-state index in [9.17, 15) is 4.39 Å². The Morgan fingerprint density at radius 2 is 2.10 bits per heavy atom. The zero-order valence-electron chi connectivity index (χ0n) is 12.4. The highest BCUT2D eigenvalue weighted by atomic mass is 79.9. The summed E-state index contributed by atoms with van der Waals surface area (Å²) in [5.74, 6) is -0.232. The summed E-state index contributed by atoms with van der Waals surface area (Å²) >= 11 is 3.37. The van der Waals surface area contributed by atoms with Crippen LogP contribution in [0.3, 0.4) is 0 Å². The van der Waals surface area contributed by atoms with Crippen molar-refractivity contribution in [3.8, 4) is 0 Å². The van der Waals surface area contributed by atoms with Crippen LogP contribution in [0.5, 0.6) is 0 Å². The Hall–Kier alpha value is -1.20. The maximum Gasteiger partial charge on any atom is 0.124 e. The van der Waals surface area contributed by atoms with Crippen LogP contribution in [0.1, 0.15) is 44.0 Å². The summed E-state index contributed by atoms with van der Waals surface area (Å²) in [5, 5.41) is 7.87.